The van der Waals surface area contributed by atoms with Crippen molar-refractivity contribution in [3.8, 4) is 5.69 Å². The summed E-state index contributed by atoms with van der Waals surface area (Å²) in [7, 11) is 0. The standard InChI is InChI=1S/C16H16F3N3O2/c17-16(18,19)13-4-7-22(21-13)12-3-1-2-11(8-12)14(24)20-9-15(10-23)5-6-15/h1-4,7-8,23H,5-6,9-10H2,(H,20,24). The Hall–Kier alpha value is -2.35. The highest BCUT2D eigenvalue weighted by Gasteiger charge is 2.42. The van der Waals surface area contributed by atoms with Crippen LogP contribution >= 0.6 is 0 Å². The number of aliphatic hydroxyl groups excluding tert-OH is 1. The molecule has 3 rings (SSSR count). The number of carbonyl (C=O) groups is 1. The SMILES string of the molecule is O=C(NCC1(CO)CC1)c1cccc(-n2ccc(C(F)(F)F)n2)c1. The second-order valence-corrected chi connectivity index (χ2v) is 6.03. The molecule has 1 aliphatic carbocycles. The molecule has 0 atom stereocenters. The van der Waals surface area contributed by atoms with Crippen molar-refractivity contribution in [3.05, 3.63) is 47.8 Å². The summed E-state index contributed by atoms with van der Waals surface area (Å²) in [5, 5.41) is 15.5. The number of aromatic nitrogens is 2. The van der Waals surface area contributed by atoms with E-state index in [0.29, 0.717) is 17.8 Å². The number of aliphatic hydroxyl groups is 1. The molecule has 24 heavy (non-hydrogen) atoms. The first-order valence-corrected chi connectivity index (χ1v) is 7.45. The molecule has 1 aromatic carbocycles. The topological polar surface area (TPSA) is 67.2 Å². The number of alkyl halides is 3. The quantitative estimate of drug-likeness (QED) is 0.879. The largest absolute Gasteiger partial charge is 0.435 e. The Bertz CT molecular complexity index is 751. The predicted octanol–water partition coefficient (Wildman–Crippen LogP) is 2.39. The van der Waals surface area contributed by atoms with Gasteiger partial charge in [0.15, 0.2) is 5.69 Å². The second-order valence-electron chi connectivity index (χ2n) is 6.03. The summed E-state index contributed by atoms with van der Waals surface area (Å²) in [6.07, 6.45) is -1.57. The molecule has 1 heterocycles. The van der Waals surface area contributed by atoms with E-state index in [2.05, 4.69) is 10.4 Å². The van der Waals surface area contributed by atoms with Crippen LogP contribution < -0.4 is 5.32 Å². The van der Waals surface area contributed by atoms with E-state index in [9.17, 15) is 23.1 Å². The number of hydrogen-bond donors (Lipinski definition) is 2. The Morgan fingerprint density at radius 2 is 2.08 bits per heavy atom. The minimum atomic E-state index is -4.51. The summed E-state index contributed by atoms with van der Waals surface area (Å²) in [6, 6.07) is 7.08. The summed E-state index contributed by atoms with van der Waals surface area (Å²) in [6.45, 7) is 0.410. The van der Waals surface area contributed by atoms with Crippen molar-refractivity contribution in [3.63, 3.8) is 0 Å². The number of nitrogens with one attached hydrogen (secondary N) is 1. The molecule has 2 N–H and O–H groups in total. The van der Waals surface area contributed by atoms with E-state index in [1.165, 1.54) is 12.3 Å². The summed E-state index contributed by atoms with van der Waals surface area (Å²) >= 11 is 0. The molecule has 0 saturated heterocycles. The highest BCUT2D eigenvalue weighted by atomic mass is 19.4. The molecular weight excluding hydrogens is 323 g/mol. The van der Waals surface area contributed by atoms with Crippen LogP contribution in [0.2, 0.25) is 0 Å². The van der Waals surface area contributed by atoms with Crippen molar-refractivity contribution >= 4 is 5.91 Å². The van der Waals surface area contributed by atoms with Crippen molar-refractivity contribution in [1.29, 1.82) is 0 Å². The fraction of sp³-hybridized carbons (Fsp3) is 0.375. The molecule has 0 aliphatic heterocycles. The lowest BCUT2D eigenvalue weighted by Crippen LogP contribution is -2.31. The van der Waals surface area contributed by atoms with Gasteiger partial charge in [0, 0.05) is 23.7 Å². The molecule has 0 radical (unpaired) electrons. The van der Waals surface area contributed by atoms with Gasteiger partial charge in [-0.3, -0.25) is 4.79 Å². The highest BCUT2D eigenvalue weighted by Crippen LogP contribution is 2.44. The van der Waals surface area contributed by atoms with Gasteiger partial charge in [0.2, 0.25) is 0 Å². The number of carbonyl (C=O) groups excluding carboxylic acids is 1. The lowest BCUT2D eigenvalue weighted by atomic mass is 10.1. The number of rotatable bonds is 5. The van der Waals surface area contributed by atoms with E-state index in [4.69, 9.17) is 0 Å². The van der Waals surface area contributed by atoms with Crippen LogP contribution in [0.3, 0.4) is 0 Å². The van der Waals surface area contributed by atoms with E-state index in [1.807, 2.05) is 0 Å². The molecule has 1 aromatic heterocycles. The maximum absolute atomic E-state index is 12.6. The van der Waals surface area contributed by atoms with Gasteiger partial charge in [-0.15, -0.1) is 0 Å². The van der Waals surface area contributed by atoms with Gasteiger partial charge in [-0.05, 0) is 37.1 Å². The fourth-order valence-electron chi connectivity index (χ4n) is 2.35. The molecule has 8 heteroatoms. The van der Waals surface area contributed by atoms with Gasteiger partial charge in [0.25, 0.3) is 5.91 Å². The van der Waals surface area contributed by atoms with Gasteiger partial charge in [-0.25, -0.2) is 4.68 Å². The normalized spacial score (nSPS) is 16.0. The van der Waals surface area contributed by atoms with Crippen LogP contribution in [0.25, 0.3) is 5.69 Å². The molecule has 1 saturated carbocycles. The van der Waals surface area contributed by atoms with Crippen molar-refractivity contribution in [2.24, 2.45) is 5.41 Å². The third kappa shape index (κ3) is 3.43. The summed E-state index contributed by atoms with van der Waals surface area (Å²) in [5.41, 5.74) is -0.514. The third-order valence-electron chi connectivity index (χ3n) is 4.17. The predicted molar refractivity (Wildman–Crippen MR) is 79.7 cm³/mol. The zero-order valence-electron chi connectivity index (χ0n) is 12.7. The smallest absolute Gasteiger partial charge is 0.396 e. The van der Waals surface area contributed by atoms with Crippen molar-refractivity contribution in [2.75, 3.05) is 13.2 Å². The van der Waals surface area contributed by atoms with Gasteiger partial charge in [0.1, 0.15) is 0 Å². The summed E-state index contributed by atoms with van der Waals surface area (Å²) in [4.78, 5) is 12.2. The molecular formula is C16H16F3N3O2. The molecule has 0 spiro atoms. The molecule has 1 amide bonds. The minimum Gasteiger partial charge on any atom is -0.396 e. The highest BCUT2D eigenvalue weighted by molar-refractivity contribution is 5.94. The Labute approximate surface area is 136 Å². The van der Waals surface area contributed by atoms with Gasteiger partial charge in [-0.2, -0.15) is 18.3 Å². The van der Waals surface area contributed by atoms with E-state index in [1.54, 1.807) is 18.2 Å². The number of nitrogens with zero attached hydrogens (tertiary/aromatic N) is 2. The Morgan fingerprint density at radius 3 is 2.67 bits per heavy atom. The van der Waals surface area contributed by atoms with E-state index in [0.717, 1.165) is 23.6 Å². The number of benzene rings is 1. The van der Waals surface area contributed by atoms with Gasteiger partial charge in [0.05, 0.1) is 12.3 Å². The second kappa shape index (κ2) is 5.94. The molecule has 1 fully saturated rings. The average Bonchev–Trinajstić information content (AvgIpc) is 3.16. The molecule has 2 aromatic rings. The Balaban J connectivity index is 1.74. The Kier molecular flexibility index (Phi) is 4.08. The molecule has 128 valence electrons. The Morgan fingerprint density at radius 1 is 1.33 bits per heavy atom. The molecule has 0 unspecified atom stereocenters. The number of amides is 1. The zero-order chi connectivity index (χ0) is 17.4. The van der Waals surface area contributed by atoms with Gasteiger partial charge >= 0.3 is 6.18 Å². The summed E-state index contributed by atoms with van der Waals surface area (Å²) < 4.78 is 38.9. The lowest BCUT2D eigenvalue weighted by molar-refractivity contribution is -0.141. The zero-order valence-corrected chi connectivity index (χ0v) is 12.7. The number of halogens is 3. The monoisotopic (exact) mass is 339 g/mol. The van der Waals surface area contributed by atoms with Crippen LogP contribution in [0.4, 0.5) is 13.2 Å². The first-order chi connectivity index (χ1) is 11.3. The van der Waals surface area contributed by atoms with Crippen molar-refractivity contribution < 1.29 is 23.1 Å². The van der Waals surface area contributed by atoms with Crippen LogP contribution in [0.15, 0.2) is 36.5 Å². The minimum absolute atomic E-state index is 0.0286. The van der Waals surface area contributed by atoms with Crippen LogP contribution in [-0.4, -0.2) is 33.9 Å². The first-order valence-electron chi connectivity index (χ1n) is 7.45. The molecule has 0 bridgehead atoms. The molecule has 1 aliphatic rings. The van der Waals surface area contributed by atoms with Gasteiger partial charge < -0.3 is 10.4 Å². The lowest BCUT2D eigenvalue weighted by Gasteiger charge is -2.13. The fourth-order valence-corrected chi connectivity index (χ4v) is 2.35. The maximum atomic E-state index is 12.6. The van der Waals surface area contributed by atoms with E-state index in [-0.39, 0.29) is 17.9 Å². The molecule has 5 nitrogen and oxygen atoms in total. The average molecular weight is 339 g/mol. The maximum Gasteiger partial charge on any atom is 0.435 e. The van der Waals surface area contributed by atoms with Gasteiger partial charge in [-0.1, -0.05) is 6.07 Å². The van der Waals surface area contributed by atoms with Crippen LogP contribution in [0, 0.1) is 5.41 Å². The van der Waals surface area contributed by atoms with Crippen LogP contribution in [0.1, 0.15) is 28.9 Å². The van der Waals surface area contributed by atoms with Crippen LogP contribution in [0.5, 0.6) is 0 Å². The first kappa shape index (κ1) is 16.5. The van der Waals surface area contributed by atoms with Crippen molar-refractivity contribution in [2.45, 2.75) is 19.0 Å². The van der Waals surface area contributed by atoms with E-state index >= 15 is 0 Å². The van der Waals surface area contributed by atoms with Crippen LogP contribution in [-0.2, 0) is 6.18 Å². The number of hydrogen-bond acceptors (Lipinski definition) is 3. The van der Waals surface area contributed by atoms with Crippen molar-refractivity contribution in [1.82, 2.24) is 15.1 Å². The van der Waals surface area contributed by atoms with E-state index < -0.39 is 11.9 Å². The summed E-state index contributed by atoms with van der Waals surface area (Å²) in [5.74, 6) is -0.334. The third-order valence-corrected chi connectivity index (χ3v) is 4.17.